The van der Waals surface area contributed by atoms with Gasteiger partial charge in [0, 0.05) is 39.3 Å². The van der Waals surface area contributed by atoms with Crippen LogP contribution < -0.4 is 0 Å². The Kier molecular flexibility index (Phi) is 5.58. The van der Waals surface area contributed by atoms with Crippen molar-refractivity contribution in [3.63, 3.8) is 0 Å². The molecule has 1 N–H and O–H groups in total. The summed E-state index contributed by atoms with van der Waals surface area (Å²) in [6.45, 7) is 12.9. The summed E-state index contributed by atoms with van der Waals surface area (Å²) in [6, 6.07) is 8.21. The van der Waals surface area contributed by atoms with Gasteiger partial charge in [0.15, 0.2) is 0 Å². The Labute approximate surface area is 123 Å². The van der Waals surface area contributed by atoms with Gasteiger partial charge in [-0.15, -0.1) is 0 Å². The van der Waals surface area contributed by atoms with Crippen molar-refractivity contribution in [3.8, 4) is 0 Å². The molecule has 1 aliphatic rings. The molecule has 0 aromatic heterocycles. The van der Waals surface area contributed by atoms with Crippen LogP contribution >= 0.6 is 0 Å². The highest BCUT2D eigenvalue weighted by atomic mass is 16.3. The molecule has 3 nitrogen and oxygen atoms in total. The molecule has 1 fully saturated rings. The topological polar surface area (TPSA) is 26.7 Å². The summed E-state index contributed by atoms with van der Waals surface area (Å²) in [7, 11) is 0. The second-order valence-corrected chi connectivity index (χ2v) is 6.42. The van der Waals surface area contributed by atoms with Crippen LogP contribution in [-0.2, 0) is 0 Å². The lowest BCUT2D eigenvalue weighted by molar-refractivity contribution is 0.0687. The molecule has 112 valence electrons. The van der Waals surface area contributed by atoms with Gasteiger partial charge in [-0.25, -0.2) is 0 Å². The Morgan fingerprint density at radius 2 is 1.45 bits per heavy atom. The lowest BCUT2D eigenvalue weighted by Gasteiger charge is -2.36. The number of piperazine rings is 1. The van der Waals surface area contributed by atoms with E-state index >= 15 is 0 Å². The van der Waals surface area contributed by atoms with Crippen LogP contribution in [0.1, 0.15) is 31.1 Å². The van der Waals surface area contributed by atoms with E-state index < -0.39 is 0 Å². The van der Waals surface area contributed by atoms with Crippen molar-refractivity contribution in [1.29, 1.82) is 0 Å². The summed E-state index contributed by atoms with van der Waals surface area (Å²) in [5.74, 6) is 0.736. The zero-order chi connectivity index (χ0) is 14.5. The van der Waals surface area contributed by atoms with Crippen molar-refractivity contribution in [2.45, 2.75) is 26.9 Å². The standard InChI is InChI=1S/C17H28N2O/c1-14(2)12-18-8-10-19(11-9-18)13-17(20)16-6-4-15(3)5-7-16/h4-7,14,17,20H,8-13H2,1-3H3. The van der Waals surface area contributed by atoms with E-state index in [1.165, 1.54) is 12.1 Å². The molecule has 20 heavy (non-hydrogen) atoms. The maximum absolute atomic E-state index is 10.3. The van der Waals surface area contributed by atoms with Gasteiger partial charge >= 0.3 is 0 Å². The lowest BCUT2D eigenvalue weighted by Crippen LogP contribution is -2.48. The zero-order valence-electron chi connectivity index (χ0n) is 13.0. The molecule has 3 heteroatoms. The minimum absolute atomic E-state index is 0.368. The molecular weight excluding hydrogens is 248 g/mol. The lowest BCUT2D eigenvalue weighted by atomic mass is 10.1. The molecule has 1 unspecified atom stereocenters. The number of β-amino-alcohol motifs (C(OH)–C–C–N with tert-alkyl or cyclic N) is 1. The average molecular weight is 276 g/mol. The average Bonchev–Trinajstić information content (AvgIpc) is 2.41. The van der Waals surface area contributed by atoms with Gasteiger partial charge < -0.3 is 10.0 Å². The van der Waals surface area contributed by atoms with Crippen LogP contribution in [0.3, 0.4) is 0 Å². The van der Waals surface area contributed by atoms with Crippen molar-refractivity contribution in [3.05, 3.63) is 35.4 Å². The smallest absolute Gasteiger partial charge is 0.0916 e. The van der Waals surface area contributed by atoms with E-state index in [1.807, 2.05) is 12.1 Å². The number of aryl methyl sites for hydroxylation is 1. The fourth-order valence-electron chi connectivity index (χ4n) is 2.81. The van der Waals surface area contributed by atoms with Crippen molar-refractivity contribution in [2.24, 2.45) is 5.92 Å². The van der Waals surface area contributed by atoms with Crippen molar-refractivity contribution >= 4 is 0 Å². The van der Waals surface area contributed by atoms with Crippen molar-refractivity contribution in [2.75, 3.05) is 39.3 Å². The highest BCUT2D eigenvalue weighted by molar-refractivity contribution is 5.23. The van der Waals surface area contributed by atoms with Crippen LogP contribution in [0.5, 0.6) is 0 Å². The van der Waals surface area contributed by atoms with E-state index in [1.54, 1.807) is 0 Å². The number of rotatable bonds is 5. The van der Waals surface area contributed by atoms with Crippen molar-refractivity contribution < 1.29 is 5.11 Å². The third-order valence-electron chi connectivity index (χ3n) is 3.98. The van der Waals surface area contributed by atoms with Gasteiger partial charge in [0.05, 0.1) is 6.10 Å². The van der Waals surface area contributed by atoms with E-state index in [0.717, 1.165) is 44.2 Å². The normalized spacial score (nSPS) is 19.4. The van der Waals surface area contributed by atoms with Gasteiger partial charge in [-0.3, -0.25) is 4.90 Å². The van der Waals surface area contributed by atoms with E-state index in [4.69, 9.17) is 0 Å². The van der Waals surface area contributed by atoms with E-state index in [9.17, 15) is 5.11 Å². The maximum atomic E-state index is 10.3. The SMILES string of the molecule is Cc1ccc(C(O)CN2CCN(CC(C)C)CC2)cc1. The number of hydrogen-bond acceptors (Lipinski definition) is 3. The summed E-state index contributed by atoms with van der Waals surface area (Å²) in [5.41, 5.74) is 2.27. The van der Waals surface area contributed by atoms with Crippen LogP contribution in [0.4, 0.5) is 0 Å². The molecule has 0 saturated carbocycles. The highest BCUT2D eigenvalue weighted by Crippen LogP contribution is 2.16. The van der Waals surface area contributed by atoms with E-state index in [2.05, 4.69) is 42.7 Å². The monoisotopic (exact) mass is 276 g/mol. The van der Waals surface area contributed by atoms with Crippen LogP contribution in [0.25, 0.3) is 0 Å². The molecule has 1 atom stereocenters. The summed E-state index contributed by atoms with van der Waals surface area (Å²) in [6.07, 6.45) is -0.368. The fourth-order valence-corrected chi connectivity index (χ4v) is 2.81. The molecule has 0 bridgehead atoms. The Morgan fingerprint density at radius 1 is 0.950 bits per heavy atom. The molecule has 0 aliphatic carbocycles. The highest BCUT2D eigenvalue weighted by Gasteiger charge is 2.20. The predicted octanol–water partition coefficient (Wildman–Crippen LogP) is 2.30. The maximum Gasteiger partial charge on any atom is 0.0916 e. The van der Waals surface area contributed by atoms with Gasteiger partial charge in [-0.2, -0.15) is 0 Å². The van der Waals surface area contributed by atoms with Crippen LogP contribution in [0.15, 0.2) is 24.3 Å². The minimum atomic E-state index is -0.368. The molecule has 1 saturated heterocycles. The number of aliphatic hydroxyl groups is 1. The summed E-state index contributed by atoms with van der Waals surface area (Å²) < 4.78 is 0. The first-order chi connectivity index (χ1) is 9.54. The van der Waals surface area contributed by atoms with E-state index in [-0.39, 0.29) is 6.10 Å². The molecule has 2 rings (SSSR count). The first kappa shape index (κ1) is 15.5. The zero-order valence-corrected chi connectivity index (χ0v) is 13.0. The molecule has 1 aliphatic heterocycles. The quantitative estimate of drug-likeness (QED) is 0.894. The number of nitrogens with zero attached hydrogens (tertiary/aromatic N) is 2. The van der Waals surface area contributed by atoms with E-state index in [0.29, 0.717) is 0 Å². The number of benzene rings is 1. The van der Waals surface area contributed by atoms with Gasteiger partial charge in [-0.1, -0.05) is 43.7 Å². The largest absolute Gasteiger partial charge is 0.387 e. The van der Waals surface area contributed by atoms with Crippen LogP contribution in [-0.4, -0.2) is 54.2 Å². The van der Waals surface area contributed by atoms with Crippen molar-refractivity contribution in [1.82, 2.24) is 9.80 Å². The second kappa shape index (κ2) is 7.21. The molecule has 1 heterocycles. The number of aliphatic hydroxyl groups excluding tert-OH is 1. The Hall–Kier alpha value is -0.900. The first-order valence-electron chi connectivity index (χ1n) is 7.74. The summed E-state index contributed by atoms with van der Waals surface area (Å²) in [5, 5.41) is 10.3. The third-order valence-corrected chi connectivity index (χ3v) is 3.98. The molecule has 1 aromatic carbocycles. The van der Waals surface area contributed by atoms with Gasteiger partial charge in [-0.05, 0) is 18.4 Å². The second-order valence-electron chi connectivity index (χ2n) is 6.42. The predicted molar refractivity (Wildman–Crippen MR) is 83.9 cm³/mol. The number of hydrogen-bond donors (Lipinski definition) is 1. The summed E-state index contributed by atoms with van der Waals surface area (Å²) in [4.78, 5) is 4.90. The molecule has 1 aromatic rings. The van der Waals surface area contributed by atoms with Crippen LogP contribution in [0.2, 0.25) is 0 Å². The van der Waals surface area contributed by atoms with Gasteiger partial charge in [0.2, 0.25) is 0 Å². The first-order valence-corrected chi connectivity index (χ1v) is 7.74. The fraction of sp³-hybridized carbons (Fsp3) is 0.647. The Bertz CT molecular complexity index is 394. The molecule has 0 amide bonds. The molecule has 0 radical (unpaired) electrons. The van der Waals surface area contributed by atoms with Gasteiger partial charge in [0.25, 0.3) is 0 Å². The molecule has 0 spiro atoms. The van der Waals surface area contributed by atoms with Crippen LogP contribution in [0, 0.1) is 12.8 Å². The Balaban J connectivity index is 1.79. The Morgan fingerprint density at radius 3 is 1.95 bits per heavy atom. The molecular formula is C17H28N2O. The third kappa shape index (κ3) is 4.58. The van der Waals surface area contributed by atoms with Gasteiger partial charge in [0.1, 0.15) is 0 Å². The summed E-state index contributed by atoms with van der Waals surface area (Å²) >= 11 is 0. The minimum Gasteiger partial charge on any atom is -0.387 e.